The summed E-state index contributed by atoms with van der Waals surface area (Å²) in [7, 11) is 0. The van der Waals surface area contributed by atoms with E-state index in [4.69, 9.17) is 4.74 Å². The summed E-state index contributed by atoms with van der Waals surface area (Å²) in [5.41, 5.74) is 0.980. The maximum Gasteiger partial charge on any atom is 0.410 e. The SMILES string of the molecule is C/C=C1\CCN(C(=O)OC(C)(C)C)CC1CS.CCOC=O. The smallest absolute Gasteiger partial charge is 0.410 e. The minimum Gasteiger partial charge on any atom is -0.468 e. The molecule has 128 valence electrons. The number of carbonyl (C=O) groups is 2. The van der Waals surface area contributed by atoms with Gasteiger partial charge in [0, 0.05) is 19.0 Å². The average Bonchev–Trinajstić information content (AvgIpc) is 2.46. The Kier molecular flexibility index (Phi) is 9.98. The van der Waals surface area contributed by atoms with Gasteiger partial charge in [0.25, 0.3) is 6.47 Å². The molecule has 1 aliphatic rings. The van der Waals surface area contributed by atoms with Gasteiger partial charge in [-0.05, 0) is 46.8 Å². The zero-order valence-corrected chi connectivity index (χ0v) is 15.2. The summed E-state index contributed by atoms with van der Waals surface area (Å²) in [6.07, 6.45) is 2.87. The topological polar surface area (TPSA) is 55.8 Å². The van der Waals surface area contributed by atoms with Crippen molar-refractivity contribution in [3.8, 4) is 0 Å². The van der Waals surface area contributed by atoms with Crippen molar-refractivity contribution in [3.63, 3.8) is 0 Å². The number of amides is 1. The van der Waals surface area contributed by atoms with Crippen LogP contribution in [0.1, 0.15) is 41.0 Å². The first-order chi connectivity index (χ1) is 10.3. The maximum atomic E-state index is 11.9. The Morgan fingerprint density at radius 3 is 2.45 bits per heavy atom. The van der Waals surface area contributed by atoms with Crippen molar-refractivity contribution in [3.05, 3.63) is 11.6 Å². The van der Waals surface area contributed by atoms with Crippen molar-refractivity contribution >= 4 is 25.2 Å². The van der Waals surface area contributed by atoms with Crippen molar-refractivity contribution in [2.24, 2.45) is 5.92 Å². The molecule has 1 aliphatic heterocycles. The van der Waals surface area contributed by atoms with Gasteiger partial charge in [0.05, 0.1) is 6.61 Å². The molecular formula is C16H29NO4S. The molecule has 6 heteroatoms. The molecule has 0 aliphatic carbocycles. The molecule has 0 aromatic rings. The molecule has 0 spiro atoms. The highest BCUT2D eigenvalue weighted by Crippen LogP contribution is 2.25. The van der Waals surface area contributed by atoms with Gasteiger partial charge in [-0.1, -0.05) is 11.6 Å². The number of thiol groups is 1. The van der Waals surface area contributed by atoms with E-state index in [1.165, 1.54) is 5.57 Å². The standard InChI is InChI=1S/C13H23NO2S.C3H6O2/c1-5-10-6-7-14(8-11(10)9-17)12(15)16-13(2,3)4;1-2-5-3-4/h5,11,17H,6-9H2,1-4H3;3H,2H2,1H3/b10-5+;. The molecule has 0 bridgehead atoms. The molecule has 0 aromatic heterocycles. The van der Waals surface area contributed by atoms with E-state index in [1.54, 1.807) is 11.8 Å². The summed E-state index contributed by atoms with van der Waals surface area (Å²) in [5.74, 6) is 1.14. The van der Waals surface area contributed by atoms with Crippen LogP contribution in [-0.4, -0.2) is 48.5 Å². The Hall–Kier alpha value is -1.17. The lowest BCUT2D eigenvalue weighted by molar-refractivity contribution is -0.128. The van der Waals surface area contributed by atoms with E-state index in [2.05, 4.69) is 30.4 Å². The highest BCUT2D eigenvalue weighted by molar-refractivity contribution is 7.80. The first-order valence-corrected chi connectivity index (χ1v) is 8.21. The van der Waals surface area contributed by atoms with Crippen LogP contribution in [0.25, 0.3) is 0 Å². The van der Waals surface area contributed by atoms with Crippen LogP contribution >= 0.6 is 12.6 Å². The minimum atomic E-state index is -0.422. The zero-order valence-electron chi connectivity index (χ0n) is 14.3. The van der Waals surface area contributed by atoms with Gasteiger partial charge in [-0.3, -0.25) is 4.79 Å². The third kappa shape index (κ3) is 8.32. The van der Waals surface area contributed by atoms with Gasteiger partial charge in [-0.2, -0.15) is 12.6 Å². The molecule has 1 amide bonds. The number of hydrogen-bond acceptors (Lipinski definition) is 5. The third-order valence-electron chi connectivity index (χ3n) is 3.11. The fourth-order valence-corrected chi connectivity index (χ4v) is 2.41. The Balaban J connectivity index is 0.000000763. The number of nitrogens with zero attached hydrogens (tertiary/aromatic N) is 1. The molecule has 1 saturated heterocycles. The van der Waals surface area contributed by atoms with Crippen molar-refractivity contribution in [2.75, 3.05) is 25.4 Å². The zero-order chi connectivity index (χ0) is 17.2. The number of allylic oxidation sites excluding steroid dienone is 1. The van der Waals surface area contributed by atoms with Crippen LogP contribution in [0.2, 0.25) is 0 Å². The second-order valence-electron chi connectivity index (χ2n) is 5.97. The Bertz CT molecular complexity index is 377. The predicted octanol–water partition coefficient (Wildman–Crippen LogP) is 3.30. The highest BCUT2D eigenvalue weighted by atomic mass is 32.1. The van der Waals surface area contributed by atoms with Crippen LogP contribution < -0.4 is 0 Å². The van der Waals surface area contributed by atoms with Crippen LogP contribution in [-0.2, 0) is 14.3 Å². The van der Waals surface area contributed by atoms with Crippen LogP contribution in [0.5, 0.6) is 0 Å². The summed E-state index contributed by atoms with van der Waals surface area (Å²) in [6.45, 7) is 11.9. The lowest BCUT2D eigenvalue weighted by atomic mass is 9.93. The van der Waals surface area contributed by atoms with Crippen LogP contribution in [0.3, 0.4) is 0 Å². The molecule has 1 heterocycles. The summed E-state index contributed by atoms with van der Waals surface area (Å²) in [6, 6.07) is 0. The summed E-state index contributed by atoms with van der Waals surface area (Å²) >= 11 is 4.35. The molecule has 5 nitrogen and oxygen atoms in total. The number of piperidine rings is 1. The van der Waals surface area contributed by atoms with Gasteiger partial charge in [0.2, 0.25) is 0 Å². The number of likely N-dealkylation sites (tertiary alicyclic amines) is 1. The molecule has 0 saturated carbocycles. The van der Waals surface area contributed by atoms with Gasteiger partial charge in [0.1, 0.15) is 5.60 Å². The van der Waals surface area contributed by atoms with Crippen LogP contribution in [0.15, 0.2) is 11.6 Å². The molecule has 0 aromatic carbocycles. The summed E-state index contributed by atoms with van der Waals surface area (Å²) in [5, 5.41) is 0. The monoisotopic (exact) mass is 331 g/mol. The fourth-order valence-electron chi connectivity index (χ4n) is 2.06. The molecule has 0 radical (unpaired) electrons. The molecule has 1 atom stereocenters. The predicted molar refractivity (Wildman–Crippen MR) is 91.2 cm³/mol. The van der Waals surface area contributed by atoms with Crippen molar-refractivity contribution in [2.45, 2.75) is 46.6 Å². The molecule has 1 unspecified atom stereocenters. The van der Waals surface area contributed by atoms with Gasteiger partial charge in [-0.15, -0.1) is 0 Å². The van der Waals surface area contributed by atoms with Gasteiger partial charge >= 0.3 is 6.09 Å². The highest BCUT2D eigenvalue weighted by Gasteiger charge is 2.28. The van der Waals surface area contributed by atoms with Crippen molar-refractivity contribution in [1.29, 1.82) is 0 Å². The molecule has 22 heavy (non-hydrogen) atoms. The maximum absolute atomic E-state index is 11.9. The number of rotatable bonds is 3. The molecule has 1 fully saturated rings. The Labute approximate surface area is 139 Å². The Morgan fingerprint density at radius 1 is 1.45 bits per heavy atom. The van der Waals surface area contributed by atoms with E-state index in [0.717, 1.165) is 25.3 Å². The molecule has 1 rings (SSSR count). The Morgan fingerprint density at radius 2 is 2.09 bits per heavy atom. The largest absolute Gasteiger partial charge is 0.468 e. The number of ether oxygens (including phenoxy) is 2. The van der Waals surface area contributed by atoms with Gasteiger partial charge in [0.15, 0.2) is 0 Å². The number of hydrogen-bond donors (Lipinski definition) is 1. The second kappa shape index (κ2) is 10.5. The van der Waals surface area contributed by atoms with Gasteiger partial charge < -0.3 is 14.4 Å². The first kappa shape index (κ1) is 20.8. The van der Waals surface area contributed by atoms with E-state index in [1.807, 2.05) is 20.8 Å². The fraction of sp³-hybridized carbons (Fsp3) is 0.750. The first-order valence-electron chi connectivity index (χ1n) is 7.58. The second-order valence-corrected chi connectivity index (χ2v) is 6.34. The lowest BCUT2D eigenvalue weighted by Gasteiger charge is -2.35. The normalized spacial score (nSPS) is 20.0. The van der Waals surface area contributed by atoms with Crippen LogP contribution in [0.4, 0.5) is 4.79 Å². The molecule has 0 N–H and O–H groups in total. The molecular weight excluding hydrogens is 302 g/mol. The number of carbonyl (C=O) groups excluding carboxylic acids is 2. The van der Waals surface area contributed by atoms with E-state index >= 15 is 0 Å². The average molecular weight is 331 g/mol. The quantitative estimate of drug-likeness (QED) is 0.490. The van der Waals surface area contributed by atoms with Crippen molar-refractivity contribution < 1.29 is 19.1 Å². The third-order valence-corrected chi connectivity index (χ3v) is 3.55. The van der Waals surface area contributed by atoms with Crippen molar-refractivity contribution in [1.82, 2.24) is 4.90 Å². The lowest BCUT2D eigenvalue weighted by Crippen LogP contribution is -2.44. The minimum absolute atomic E-state index is 0.209. The van der Waals surface area contributed by atoms with E-state index < -0.39 is 5.60 Å². The summed E-state index contributed by atoms with van der Waals surface area (Å²) in [4.78, 5) is 22.9. The van der Waals surface area contributed by atoms with Crippen LogP contribution in [0, 0.1) is 5.92 Å². The van der Waals surface area contributed by atoms with E-state index in [9.17, 15) is 9.59 Å². The summed E-state index contributed by atoms with van der Waals surface area (Å²) < 4.78 is 9.53. The van der Waals surface area contributed by atoms with Gasteiger partial charge in [-0.25, -0.2) is 4.79 Å². The van der Waals surface area contributed by atoms with E-state index in [-0.39, 0.29) is 6.09 Å². The van der Waals surface area contributed by atoms with E-state index in [0.29, 0.717) is 19.0 Å².